The lowest BCUT2D eigenvalue weighted by Crippen LogP contribution is -2.09. The lowest BCUT2D eigenvalue weighted by atomic mass is 10.1. The predicted octanol–water partition coefficient (Wildman–Crippen LogP) is 6.24. The lowest BCUT2D eigenvalue weighted by Gasteiger charge is -2.25. The number of nitrogens with zero attached hydrogens (tertiary/aromatic N) is 1. The number of anilines is 3. The second-order valence-electron chi connectivity index (χ2n) is 5.81. The van der Waals surface area contributed by atoms with Gasteiger partial charge in [-0.1, -0.05) is 47.5 Å². The minimum atomic E-state index is -0.435. The van der Waals surface area contributed by atoms with Crippen molar-refractivity contribution in [2.45, 2.75) is 20.5 Å². The minimum Gasteiger partial charge on any atom is -0.311 e. The van der Waals surface area contributed by atoms with Crippen molar-refractivity contribution in [3.05, 3.63) is 89.5 Å². The monoisotopic (exact) mass is 305 g/mol. The summed E-state index contributed by atoms with van der Waals surface area (Å²) in [7, 11) is 0. The molecule has 3 aromatic carbocycles. The summed E-state index contributed by atoms with van der Waals surface area (Å²) in [6, 6.07) is 24.5. The molecule has 0 amide bonds. The highest BCUT2D eigenvalue weighted by Gasteiger charge is 2.12. The average molecular weight is 305 g/mol. The van der Waals surface area contributed by atoms with Gasteiger partial charge in [-0.25, -0.2) is 4.39 Å². The van der Waals surface area contributed by atoms with Crippen LogP contribution in [0.1, 0.15) is 16.7 Å². The summed E-state index contributed by atoms with van der Waals surface area (Å²) in [5, 5.41) is 0. The molecule has 0 heterocycles. The normalized spacial score (nSPS) is 10.6. The lowest BCUT2D eigenvalue weighted by molar-refractivity contribution is 0.485. The van der Waals surface area contributed by atoms with Crippen LogP contribution in [0.4, 0.5) is 21.5 Å². The van der Waals surface area contributed by atoms with Crippen LogP contribution in [-0.2, 0) is 6.67 Å². The van der Waals surface area contributed by atoms with E-state index in [-0.39, 0.29) is 0 Å². The summed E-state index contributed by atoms with van der Waals surface area (Å²) >= 11 is 0. The molecular formula is C21H20FN. The van der Waals surface area contributed by atoms with Gasteiger partial charge in [0.1, 0.15) is 6.67 Å². The van der Waals surface area contributed by atoms with Gasteiger partial charge >= 0.3 is 0 Å². The summed E-state index contributed by atoms with van der Waals surface area (Å²) in [5.41, 5.74) is 6.35. The third kappa shape index (κ3) is 3.42. The zero-order valence-corrected chi connectivity index (χ0v) is 13.5. The molecule has 0 aliphatic carbocycles. The molecule has 0 atom stereocenters. The minimum absolute atomic E-state index is 0.435. The maximum atomic E-state index is 12.8. The highest BCUT2D eigenvalue weighted by Crippen LogP contribution is 2.34. The van der Waals surface area contributed by atoms with E-state index >= 15 is 0 Å². The number of hydrogen-bond acceptors (Lipinski definition) is 1. The molecule has 0 aromatic heterocycles. The fourth-order valence-electron chi connectivity index (χ4n) is 2.57. The van der Waals surface area contributed by atoms with Crippen molar-refractivity contribution in [1.82, 2.24) is 0 Å². The van der Waals surface area contributed by atoms with E-state index in [4.69, 9.17) is 0 Å². The molecule has 0 bridgehead atoms. The molecule has 0 N–H and O–H groups in total. The van der Waals surface area contributed by atoms with Crippen molar-refractivity contribution < 1.29 is 4.39 Å². The largest absolute Gasteiger partial charge is 0.311 e. The van der Waals surface area contributed by atoms with Crippen molar-refractivity contribution in [2.75, 3.05) is 4.90 Å². The van der Waals surface area contributed by atoms with Gasteiger partial charge in [-0.2, -0.15) is 0 Å². The molecule has 23 heavy (non-hydrogen) atoms. The number of aryl methyl sites for hydroxylation is 2. The second-order valence-corrected chi connectivity index (χ2v) is 5.81. The Bertz CT molecular complexity index is 713. The van der Waals surface area contributed by atoms with Gasteiger partial charge in [0.2, 0.25) is 0 Å². The Morgan fingerprint density at radius 3 is 1.30 bits per heavy atom. The van der Waals surface area contributed by atoms with E-state index < -0.39 is 6.67 Å². The van der Waals surface area contributed by atoms with Gasteiger partial charge in [0.15, 0.2) is 0 Å². The van der Waals surface area contributed by atoms with Crippen LogP contribution in [0.3, 0.4) is 0 Å². The quantitative estimate of drug-likeness (QED) is 0.551. The van der Waals surface area contributed by atoms with Gasteiger partial charge in [-0.15, -0.1) is 0 Å². The Labute approximate surface area is 137 Å². The van der Waals surface area contributed by atoms with Crippen molar-refractivity contribution in [2.24, 2.45) is 0 Å². The van der Waals surface area contributed by atoms with Crippen molar-refractivity contribution in [3.8, 4) is 0 Å². The van der Waals surface area contributed by atoms with Gasteiger partial charge in [0.05, 0.1) is 0 Å². The molecule has 3 aromatic rings. The van der Waals surface area contributed by atoms with E-state index in [1.807, 2.05) is 24.3 Å². The highest BCUT2D eigenvalue weighted by molar-refractivity contribution is 5.76. The van der Waals surface area contributed by atoms with Crippen molar-refractivity contribution >= 4 is 17.1 Å². The Morgan fingerprint density at radius 1 is 0.609 bits per heavy atom. The number of rotatable bonds is 4. The molecule has 0 spiro atoms. The van der Waals surface area contributed by atoms with Crippen LogP contribution >= 0.6 is 0 Å². The first kappa shape index (κ1) is 15.3. The van der Waals surface area contributed by atoms with Crippen molar-refractivity contribution in [1.29, 1.82) is 0 Å². The molecule has 0 aliphatic heterocycles. The molecule has 116 valence electrons. The fraction of sp³-hybridized carbons (Fsp3) is 0.143. The fourth-order valence-corrected chi connectivity index (χ4v) is 2.57. The number of benzene rings is 3. The van der Waals surface area contributed by atoms with Gasteiger partial charge < -0.3 is 4.90 Å². The maximum Gasteiger partial charge on any atom is 0.115 e. The average Bonchev–Trinajstić information content (AvgIpc) is 2.59. The molecule has 1 nitrogen and oxygen atoms in total. The highest BCUT2D eigenvalue weighted by atomic mass is 19.1. The third-order valence-corrected chi connectivity index (χ3v) is 3.93. The number of alkyl halides is 1. The summed E-state index contributed by atoms with van der Waals surface area (Å²) in [6.07, 6.45) is 0. The summed E-state index contributed by atoms with van der Waals surface area (Å²) in [5.74, 6) is 0. The van der Waals surface area contributed by atoms with Crippen LogP contribution in [-0.4, -0.2) is 0 Å². The molecule has 2 heteroatoms. The zero-order chi connectivity index (χ0) is 16.2. The van der Waals surface area contributed by atoms with Gasteiger partial charge in [0, 0.05) is 17.1 Å². The molecular weight excluding hydrogens is 285 g/mol. The SMILES string of the molecule is Cc1ccc(N(c2ccc(C)cc2)c2ccc(CF)cc2)cc1. The smallest absolute Gasteiger partial charge is 0.115 e. The van der Waals surface area contributed by atoms with Crippen LogP contribution < -0.4 is 4.90 Å². The number of hydrogen-bond donors (Lipinski definition) is 0. The van der Waals surface area contributed by atoms with E-state index in [9.17, 15) is 4.39 Å². The summed E-state index contributed by atoms with van der Waals surface area (Å²) in [6.45, 7) is 3.72. The van der Waals surface area contributed by atoms with E-state index in [2.05, 4.69) is 67.3 Å². The van der Waals surface area contributed by atoms with E-state index in [0.29, 0.717) is 5.56 Å². The van der Waals surface area contributed by atoms with Gasteiger partial charge in [-0.3, -0.25) is 0 Å². The van der Waals surface area contributed by atoms with E-state index in [0.717, 1.165) is 17.1 Å². The van der Waals surface area contributed by atoms with Crippen LogP contribution in [0, 0.1) is 13.8 Å². The molecule has 0 saturated carbocycles. The van der Waals surface area contributed by atoms with Crippen LogP contribution in [0.15, 0.2) is 72.8 Å². The molecule has 0 unspecified atom stereocenters. The van der Waals surface area contributed by atoms with Crippen LogP contribution in [0.25, 0.3) is 0 Å². The summed E-state index contributed by atoms with van der Waals surface area (Å²) in [4.78, 5) is 2.18. The zero-order valence-electron chi connectivity index (χ0n) is 13.5. The second kappa shape index (κ2) is 6.66. The Balaban J connectivity index is 2.08. The van der Waals surface area contributed by atoms with E-state index in [1.54, 1.807) is 0 Å². The molecule has 0 radical (unpaired) electrons. The van der Waals surface area contributed by atoms with E-state index in [1.165, 1.54) is 11.1 Å². The first-order valence-electron chi connectivity index (χ1n) is 7.76. The van der Waals surface area contributed by atoms with Gasteiger partial charge in [0.25, 0.3) is 0 Å². The number of halogens is 1. The van der Waals surface area contributed by atoms with Gasteiger partial charge in [-0.05, 0) is 55.8 Å². The van der Waals surface area contributed by atoms with Crippen LogP contribution in [0.5, 0.6) is 0 Å². The molecule has 0 fully saturated rings. The first-order chi connectivity index (χ1) is 11.2. The molecule has 3 rings (SSSR count). The Kier molecular flexibility index (Phi) is 4.42. The summed E-state index contributed by atoms with van der Waals surface area (Å²) < 4.78 is 12.8. The van der Waals surface area contributed by atoms with Crippen LogP contribution in [0.2, 0.25) is 0 Å². The topological polar surface area (TPSA) is 3.24 Å². The Morgan fingerprint density at radius 2 is 0.957 bits per heavy atom. The van der Waals surface area contributed by atoms with Crippen molar-refractivity contribution in [3.63, 3.8) is 0 Å². The standard InChI is InChI=1S/C21H20FN/c1-16-3-9-19(10-4-16)23(20-11-5-17(2)6-12-20)21-13-7-18(15-22)8-14-21/h3-14H,15H2,1-2H3. The third-order valence-electron chi connectivity index (χ3n) is 3.93. The first-order valence-corrected chi connectivity index (χ1v) is 7.76. The Hall–Kier alpha value is -2.61. The molecule has 0 aliphatic rings. The molecule has 0 saturated heterocycles. The predicted molar refractivity (Wildman–Crippen MR) is 95.4 cm³/mol. The maximum absolute atomic E-state index is 12.8.